The predicted octanol–water partition coefficient (Wildman–Crippen LogP) is 2.32. The zero-order valence-corrected chi connectivity index (χ0v) is 12.5. The minimum Gasteiger partial charge on any atom is -0.494 e. The van der Waals surface area contributed by atoms with Crippen molar-refractivity contribution in [3.05, 3.63) is 30.1 Å². The van der Waals surface area contributed by atoms with Crippen molar-refractivity contribution < 1.29 is 18.7 Å². The van der Waals surface area contributed by atoms with Crippen molar-refractivity contribution in [2.45, 2.75) is 31.7 Å². The number of hydrogen-bond donors (Lipinski definition) is 1. The topological polar surface area (TPSA) is 58.6 Å². The molecule has 1 aliphatic carbocycles. The molecule has 0 aromatic heterocycles. The van der Waals surface area contributed by atoms with Crippen molar-refractivity contribution in [2.75, 3.05) is 13.2 Å². The lowest BCUT2D eigenvalue weighted by molar-refractivity contribution is -0.131. The van der Waals surface area contributed by atoms with Gasteiger partial charge < -0.3 is 10.1 Å². The number of ether oxygens (including phenoxy) is 1. The monoisotopic (exact) mass is 306 g/mol. The van der Waals surface area contributed by atoms with Crippen LogP contribution in [0.3, 0.4) is 0 Å². The van der Waals surface area contributed by atoms with Crippen molar-refractivity contribution in [1.29, 1.82) is 0 Å². The van der Waals surface area contributed by atoms with Crippen molar-refractivity contribution in [3.63, 3.8) is 0 Å². The summed E-state index contributed by atoms with van der Waals surface area (Å²) >= 11 is 0. The van der Waals surface area contributed by atoms with Gasteiger partial charge in [0.2, 0.25) is 0 Å². The first-order valence-corrected chi connectivity index (χ1v) is 7.53. The summed E-state index contributed by atoms with van der Waals surface area (Å²) in [4.78, 5) is 25.6. The van der Waals surface area contributed by atoms with Gasteiger partial charge in [-0.25, -0.2) is 9.18 Å². The van der Waals surface area contributed by atoms with Gasteiger partial charge in [-0.05, 0) is 56.4 Å². The summed E-state index contributed by atoms with van der Waals surface area (Å²) in [7, 11) is 0. The summed E-state index contributed by atoms with van der Waals surface area (Å²) in [6.45, 7) is 2.50. The molecule has 22 heavy (non-hydrogen) atoms. The van der Waals surface area contributed by atoms with E-state index in [1.165, 1.54) is 17.0 Å². The van der Waals surface area contributed by atoms with E-state index in [2.05, 4.69) is 5.32 Å². The Morgan fingerprint density at radius 1 is 1.32 bits per heavy atom. The van der Waals surface area contributed by atoms with Crippen LogP contribution in [0.1, 0.15) is 26.2 Å². The lowest BCUT2D eigenvalue weighted by atomic mass is 9.96. The molecule has 1 heterocycles. The largest absolute Gasteiger partial charge is 0.494 e. The van der Waals surface area contributed by atoms with Crippen LogP contribution in [0, 0.1) is 11.7 Å². The van der Waals surface area contributed by atoms with Gasteiger partial charge in [-0.15, -0.1) is 0 Å². The van der Waals surface area contributed by atoms with Gasteiger partial charge in [-0.1, -0.05) is 0 Å². The molecule has 3 amide bonds. The van der Waals surface area contributed by atoms with Crippen LogP contribution in [0.15, 0.2) is 24.3 Å². The smallest absolute Gasteiger partial charge is 0.325 e. The quantitative estimate of drug-likeness (QED) is 0.648. The minimum atomic E-state index is -0.727. The molecule has 1 unspecified atom stereocenters. The number of benzene rings is 1. The van der Waals surface area contributed by atoms with Crippen LogP contribution >= 0.6 is 0 Å². The van der Waals surface area contributed by atoms with Crippen LogP contribution in [-0.2, 0) is 4.79 Å². The van der Waals surface area contributed by atoms with E-state index in [1.807, 2.05) is 0 Å². The van der Waals surface area contributed by atoms with E-state index in [9.17, 15) is 14.0 Å². The molecule has 6 heteroatoms. The Morgan fingerprint density at radius 3 is 2.64 bits per heavy atom. The molecule has 1 aromatic carbocycles. The molecule has 0 spiro atoms. The third-order valence-corrected chi connectivity index (χ3v) is 4.30. The summed E-state index contributed by atoms with van der Waals surface area (Å²) < 4.78 is 18.2. The minimum absolute atomic E-state index is 0.137. The highest BCUT2D eigenvalue weighted by Gasteiger charge is 2.55. The summed E-state index contributed by atoms with van der Waals surface area (Å²) in [6, 6.07) is 5.43. The van der Waals surface area contributed by atoms with E-state index in [4.69, 9.17) is 4.74 Å². The number of carbonyl (C=O) groups is 2. The molecular weight excluding hydrogens is 287 g/mol. The van der Waals surface area contributed by atoms with Crippen molar-refractivity contribution in [2.24, 2.45) is 5.92 Å². The lowest BCUT2D eigenvalue weighted by Crippen LogP contribution is -2.46. The van der Waals surface area contributed by atoms with Crippen LogP contribution in [0.2, 0.25) is 0 Å². The zero-order chi connectivity index (χ0) is 15.7. The molecule has 118 valence electrons. The van der Waals surface area contributed by atoms with Crippen LogP contribution < -0.4 is 10.1 Å². The molecule has 1 saturated heterocycles. The van der Waals surface area contributed by atoms with E-state index in [0.717, 1.165) is 12.8 Å². The maximum absolute atomic E-state index is 12.8. The van der Waals surface area contributed by atoms with Gasteiger partial charge in [0, 0.05) is 6.54 Å². The number of rotatable bonds is 6. The number of halogens is 1. The van der Waals surface area contributed by atoms with Crippen molar-refractivity contribution in [3.8, 4) is 5.75 Å². The van der Waals surface area contributed by atoms with E-state index in [-0.39, 0.29) is 23.7 Å². The highest BCUT2D eigenvalue weighted by molar-refractivity contribution is 6.07. The van der Waals surface area contributed by atoms with Gasteiger partial charge in [-0.2, -0.15) is 0 Å². The average Bonchev–Trinajstić information content (AvgIpc) is 3.30. The number of amides is 3. The van der Waals surface area contributed by atoms with Crippen LogP contribution in [0.4, 0.5) is 9.18 Å². The molecular formula is C16H19FN2O3. The number of imide groups is 1. The third-order valence-electron chi connectivity index (χ3n) is 4.30. The molecule has 1 aromatic rings. The zero-order valence-electron chi connectivity index (χ0n) is 12.5. The standard InChI is InChI=1S/C16H19FN2O3/c1-16(11-3-4-11)14(20)19(15(21)18-16)9-2-10-22-13-7-5-12(17)6-8-13/h5-8,11H,2-4,9-10H2,1H3,(H,18,21). The average molecular weight is 306 g/mol. The summed E-state index contributed by atoms with van der Waals surface area (Å²) in [5, 5.41) is 2.81. The van der Waals surface area contributed by atoms with Crippen LogP contribution in [-0.4, -0.2) is 35.5 Å². The van der Waals surface area contributed by atoms with E-state index in [1.54, 1.807) is 19.1 Å². The normalized spacial score (nSPS) is 24.5. The molecule has 1 aliphatic heterocycles. The van der Waals surface area contributed by atoms with Crippen LogP contribution in [0.25, 0.3) is 0 Å². The fourth-order valence-electron chi connectivity index (χ4n) is 2.80. The summed E-state index contributed by atoms with van der Waals surface area (Å²) in [6.07, 6.45) is 2.52. The second-order valence-corrected chi connectivity index (χ2v) is 6.02. The maximum atomic E-state index is 12.8. The Hall–Kier alpha value is -2.11. The Bertz CT molecular complexity index is 586. The number of urea groups is 1. The number of nitrogens with zero attached hydrogens (tertiary/aromatic N) is 1. The van der Waals surface area contributed by atoms with E-state index in [0.29, 0.717) is 25.3 Å². The van der Waals surface area contributed by atoms with Crippen LogP contribution in [0.5, 0.6) is 5.75 Å². The van der Waals surface area contributed by atoms with Gasteiger partial charge in [0.25, 0.3) is 5.91 Å². The highest BCUT2D eigenvalue weighted by atomic mass is 19.1. The first-order valence-electron chi connectivity index (χ1n) is 7.53. The molecule has 2 aliphatic rings. The molecule has 0 radical (unpaired) electrons. The molecule has 5 nitrogen and oxygen atoms in total. The number of carbonyl (C=O) groups excluding carboxylic acids is 2. The predicted molar refractivity (Wildman–Crippen MR) is 77.9 cm³/mol. The van der Waals surface area contributed by atoms with E-state index >= 15 is 0 Å². The van der Waals surface area contributed by atoms with Crippen molar-refractivity contribution in [1.82, 2.24) is 10.2 Å². The first kappa shape index (κ1) is 14.8. The molecule has 0 bridgehead atoms. The summed E-state index contributed by atoms with van der Waals surface area (Å²) in [5.41, 5.74) is -0.727. The molecule has 2 fully saturated rings. The Labute approximate surface area is 128 Å². The fraction of sp³-hybridized carbons (Fsp3) is 0.500. The third kappa shape index (κ3) is 2.77. The molecule has 1 N–H and O–H groups in total. The molecule has 3 rings (SSSR count). The van der Waals surface area contributed by atoms with Gasteiger partial charge >= 0.3 is 6.03 Å². The van der Waals surface area contributed by atoms with Gasteiger partial charge in [0.15, 0.2) is 0 Å². The molecule has 1 saturated carbocycles. The van der Waals surface area contributed by atoms with Crippen molar-refractivity contribution >= 4 is 11.9 Å². The first-order chi connectivity index (χ1) is 10.5. The lowest BCUT2D eigenvalue weighted by Gasteiger charge is -2.20. The Balaban J connectivity index is 1.48. The fourth-order valence-corrected chi connectivity index (χ4v) is 2.80. The molecule has 1 atom stereocenters. The number of nitrogens with one attached hydrogen (secondary N) is 1. The second kappa shape index (κ2) is 5.59. The second-order valence-electron chi connectivity index (χ2n) is 6.02. The SMILES string of the molecule is CC1(C2CC2)NC(=O)N(CCCOc2ccc(F)cc2)C1=O. The Kier molecular flexibility index (Phi) is 3.76. The highest BCUT2D eigenvalue weighted by Crippen LogP contribution is 2.42. The Morgan fingerprint density at radius 2 is 2.00 bits per heavy atom. The van der Waals surface area contributed by atoms with Gasteiger partial charge in [0.05, 0.1) is 6.61 Å². The summed E-state index contributed by atoms with van der Waals surface area (Å²) in [5.74, 6) is 0.388. The number of hydrogen-bond acceptors (Lipinski definition) is 3. The van der Waals surface area contributed by atoms with E-state index < -0.39 is 5.54 Å². The maximum Gasteiger partial charge on any atom is 0.325 e. The van der Waals surface area contributed by atoms with Gasteiger partial charge in [0.1, 0.15) is 17.1 Å². The van der Waals surface area contributed by atoms with Gasteiger partial charge in [-0.3, -0.25) is 9.69 Å².